The average molecular weight is 261 g/mol. The highest BCUT2D eigenvalue weighted by molar-refractivity contribution is 5.86. The van der Waals surface area contributed by atoms with Crippen molar-refractivity contribution in [2.45, 2.75) is 26.6 Å². The highest BCUT2D eigenvalue weighted by Crippen LogP contribution is 2.17. The second-order valence-electron chi connectivity index (χ2n) is 4.79. The lowest BCUT2D eigenvalue weighted by Gasteiger charge is -2.27. The molecule has 0 saturated heterocycles. The number of nitrogens with zero attached hydrogens (tertiary/aromatic N) is 4. The monoisotopic (exact) mass is 261 g/mol. The molecule has 2 N–H and O–H groups in total. The predicted octanol–water partition coefficient (Wildman–Crippen LogP) is 0.629. The number of carboxylic acids is 1. The number of H-pyrrole nitrogens is 1. The third-order valence-electron chi connectivity index (χ3n) is 3.32. The molecule has 1 aliphatic rings. The van der Waals surface area contributed by atoms with E-state index in [9.17, 15) is 4.79 Å². The van der Waals surface area contributed by atoms with Gasteiger partial charge in [-0.15, -0.1) is 0 Å². The van der Waals surface area contributed by atoms with Crippen LogP contribution in [0.5, 0.6) is 0 Å². The van der Waals surface area contributed by atoms with Crippen molar-refractivity contribution in [2.75, 3.05) is 6.54 Å². The van der Waals surface area contributed by atoms with Crippen molar-refractivity contribution in [3.8, 4) is 0 Å². The van der Waals surface area contributed by atoms with Gasteiger partial charge < -0.3 is 5.11 Å². The van der Waals surface area contributed by atoms with Crippen LogP contribution in [0.15, 0.2) is 12.3 Å². The second-order valence-corrected chi connectivity index (χ2v) is 4.79. The molecule has 3 heterocycles. The number of hydrogen-bond donors (Lipinski definition) is 2. The topological polar surface area (TPSA) is 87.0 Å². The van der Waals surface area contributed by atoms with E-state index in [1.54, 1.807) is 6.20 Å². The number of fused-ring (bicyclic) bond motifs is 1. The minimum atomic E-state index is -0.967. The highest BCUT2D eigenvalue weighted by atomic mass is 16.4. The van der Waals surface area contributed by atoms with Gasteiger partial charge in [-0.3, -0.25) is 14.7 Å². The normalized spacial score (nSPS) is 15.4. The Morgan fingerprint density at radius 3 is 3.16 bits per heavy atom. The number of carboxylic acid groups (broad SMARTS) is 1. The Kier molecular flexibility index (Phi) is 2.83. The zero-order valence-corrected chi connectivity index (χ0v) is 10.6. The Morgan fingerprint density at radius 2 is 2.37 bits per heavy atom. The Bertz CT molecular complexity index is 615. The van der Waals surface area contributed by atoms with E-state index in [0.29, 0.717) is 6.54 Å². The summed E-state index contributed by atoms with van der Waals surface area (Å²) in [5.41, 5.74) is 3.09. The van der Waals surface area contributed by atoms with Crippen LogP contribution in [0.1, 0.15) is 27.4 Å². The Labute approximate surface area is 109 Å². The average Bonchev–Trinajstić information content (AvgIpc) is 2.94. The van der Waals surface area contributed by atoms with Crippen LogP contribution in [0.3, 0.4) is 0 Å². The van der Waals surface area contributed by atoms with Crippen molar-refractivity contribution < 1.29 is 9.90 Å². The third-order valence-corrected chi connectivity index (χ3v) is 3.32. The van der Waals surface area contributed by atoms with E-state index >= 15 is 0 Å². The zero-order chi connectivity index (χ0) is 13.4. The number of carbonyl (C=O) groups is 1. The smallest absolute Gasteiger partial charge is 0.354 e. The van der Waals surface area contributed by atoms with Gasteiger partial charge >= 0.3 is 5.97 Å². The first-order valence-corrected chi connectivity index (χ1v) is 6.14. The molecule has 1 aliphatic heterocycles. The summed E-state index contributed by atoms with van der Waals surface area (Å²) in [7, 11) is 0. The van der Waals surface area contributed by atoms with Crippen molar-refractivity contribution in [1.29, 1.82) is 0 Å². The molecule has 2 aromatic rings. The molecule has 3 rings (SSSR count). The maximum atomic E-state index is 11.0. The summed E-state index contributed by atoms with van der Waals surface area (Å²) in [6.45, 7) is 5.05. The highest BCUT2D eigenvalue weighted by Gasteiger charge is 2.20. The SMILES string of the molecule is Cc1cc2n(n1)CCN(Cc1cn[nH]c1C(=O)O)C2. The predicted molar refractivity (Wildman–Crippen MR) is 66.6 cm³/mol. The van der Waals surface area contributed by atoms with Crippen LogP contribution in [-0.4, -0.2) is 42.5 Å². The van der Waals surface area contributed by atoms with E-state index in [4.69, 9.17) is 5.11 Å². The van der Waals surface area contributed by atoms with Gasteiger partial charge in [0.15, 0.2) is 0 Å². The largest absolute Gasteiger partial charge is 0.477 e. The first-order valence-electron chi connectivity index (χ1n) is 6.14. The van der Waals surface area contributed by atoms with E-state index < -0.39 is 5.97 Å². The van der Waals surface area contributed by atoms with Gasteiger partial charge in [-0.05, 0) is 13.0 Å². The summed E-state index contributed by atoms with van der Waals surface area (Å²) in [5.74, 6) is -0.967. The van der Waals surface area contributed by atoms with Gasteiger partial charge in [0.2, 0.25) is 0 Å². The van der Waals surface area contributed by atoms with E-state index in [-0.39, 0.29) is 5.69 Å². The Balaban J connectivity index is 1.75. The van der Waals surface area contributed by atoms with Gasteiger partial charge in [0, 0.05) is 25.2 Å². The van der Waals surface area contributed by atoms with Crippen LogP contribution in [-0.2, 0) is 19.6 Å². The quantitative estimate of drug-likeness (QED) is 0.846. The Hall–Kier alpha value is -2.15. The molecule has 7 nitrogen and oxygen atoms in total. The fourth-order valence-corrected chi connectivity index (χ4v) is 2.46. The lowest BCUT2D eigenvalue weighted by atomic mass is 10.2. The van der Waals surface area contributed by atoms with Gasteiger partial charge in [-0.2, -0.15) is 10.2 Å². The van der Waals surface area contributed by atoms with Crippen LogP contribution in [0.25, 0.3) is 0 Å². The molecule has 0 saturated carbocycles. The molecular weight excluding hydrogens is 246 g/mol. The molecule has 0 atom stereocenters. The minimum absolute atomic E-state index is 0.176. The van der Waals surface area contributed by atoms with Gasteiger partial charge in [-0.1, -0.05) is 0 Å². The number of nitrogens with one attached hydrogen (secondary N) is 1. The number of hydrogen-bond acceptors (Lipinski definition) is 4. The van der Waals surface area contributed by atoms with Crippen LogP contribution >= 0.6 is 0 Å². The van der Waals surface area contributed by atoms with Crippen molar-refractivity contribution in [3.63, 3.8) is 0 Å². The van der Waals surface area contributed by atoms with Gasteiger partial charge in [-0.25, -0.2) is 4.79 Å². The molecule has 19 heavy (non-hydrogen) atoms. The lowest BCUT2D eigenvalue weighted by Crippen LogP contribution is -2.33. The second kappa shape index (κ2) is 4.51. The molecule has 7 heteroatoms. The standard InChI is InChI=1S/C12H15N5O2/c1-8-4-10-7-16(2-3-17(10)15-8)6-9-5-13-14-11(9)12(18)19/h4-5H,2-3,6-7H2,1H3,(H,13,14)(H,18,19). The number of aryl methyl sites for hydroxylation is 1. The van der Waals surface area contributed by atoms with Gasteiger partial charge in [0.05, 0.1) is 24.1 Å². The summed E-state index contributed by atoms with van der Waals surface area (Å²) in [4.78, 5) is 13.2. The molecular formula is C12H15N5O2. The molecule has 0 fully saturated rings. The maximum Gasteiger partial charge on any atom is 0.354 e. The van der Waals surface area contributed by atoms with E-state index in [1.807, 2.05) is 11.6 Å². The first kappa shape index (κ1) is 11.9. The van der Waals surface area contributed by atoms with Crippen LogP contribution in [0.4, 0.5) is 0 Å². The zero-order valence-electron chi connectivity index (χ0n) is 10.6. The van der Waals surface area contributed by atoms with Gasteiger partial charge in [0.25, 0.3) is 0 Å². The molecule has 0 amide bonds. The van der Waals surface area contributed by atoms with Crippen LogP contribution in [0, 0.1) is 6.92 Å². The molecule has 100 valence electrons. The van der Waals surface area contributed by atoms with E-state index in [2.05, 4.69) is 26.3 Å². The maximum absolute atomic E-state index is 11.0. The van der Waals surface area contributed by atoms with E-state index in [0.717, 1.165) is 30.9 Å². The molecule has 0 unspecified atom stereocenters. The third kappa shape index (κ3) is 2.24. The van der Waals surface area contributed by atoms with Gasteiger partial charge in [0.1, 0.15) is 5.69 Å². The summed E-state index contributed by atoms with van der Waals surface area (Å²) in [5, 5.41) is 19.8. The molecule has 0 radical (unpaired) electrons. The Morgan fingerprint density at radius 1 is 1.53 bits per heavy atom. The first-order chi connectivity index (χ1) is 9.13. The summed E-state index contributed by atoms with van der Waals surface area (Å²) < 4.78 is 2.01. The number of aromatic amines is 1. The van der Waals surface area contributed by atoms with Crippen molar-refractivity contribution in [1.82, 2.24) is 24.9 Å². The summed E-state index contributed by atoms with van der Waals surface area (Å²) in [6.07, 6.45) is 1.58. The van der Waals surface area contributed by atoms with E-state index in [1.165, 1.54) is 5.69 Å². The fourth-order valence-electron chi connectivity index (χ4n) is 2.46. The fraction of sp³-hybridized carbons (Fsp3) is 0.417. The number of aromatic nitrogens is 4. The summed E-state index contributed by atoms with van der Waals surface area (Å²) >= 11 is 0. The number of rotatable bonds is 3. The molecule has 0 aromatic carbocycles. The minimum Gasteiger partial charge on any atom is -0.477 e. The van der Waals surface area contributed by atoms with Crippen molar-refractivity contribution in [3.05, 3.63) is 34.9 Å². The summed E-state index contributed by atoms with van der Waals surface area (Å²) in [6, 6.07) is 2.07. The van der Waals surface area contributed by atoms with Crippen molar-refractivity contribution in [2.24, 2.45) is 0 Å². The molecule has 2 aromatic heterocycles. The number of aromatic carboxylic acids is 1. The van der Waals surface area contributed by atoms with Crippen LogP contribution in [0.2, 0.25) is 0 Å². The lowest BCUT2D eigenvalue weighted by molar-refractivity contribution is 0.0687. The molecule has 0 aliphatic carbocycles. The van der Waals surface area contributed by atoms with Crippen LogP contribution < -0.4 is 0 Å². The van der Waals surface area contributed by atoms with Crippen molar-refractivity contribution >= 4 is 5.97 Å². The molecule has 0 spiro atoms. The molecule has 0 bridgehead atoms.